The van der Waals surface area contributed by atoms with Gasteiger partial charge in [0.15, 0.2) is 6.10 Å². The molecule has 0 aliphatic carbocycles. The Morgan fingerprint density at radius 2 is 1.10 bits per heavy atom. The number of aliphatic hydroxyl groups is 1. The summed E-state index contributed by atoms with van der Waals surface area (Å²) in [4.78, 5) is 198. The second kappa shape index (κ2) is 38.7. The van der Waals surface area contributed by atoms with Crippen molar-refractivity contribution in [3.05, 3.63) is 24.3 Å². The summed E-state index contributed by atoms with van der Waals surface area (Å²) < 4.78 is 0. The number of nitrogens with one attached hydrogen (secondary N) is 9. The number of carbonyl (C=O) groups excluding carboxylic acids is 10. The first-order valence-electron chi connectivity index (χ1n) is 29.5. The minimum absolute atomic E-state index is 0.0230. The van der Waals surface area contributed by atoms with Crippen molar-refractivity contribution in [2.75, 3.05) is 19.6 Å². The molecule has 0 aromatic rings. The molecule has 0 aromatic heterocycles. The van der Waals surface area contributed by atoms with Crippen LogP contribution in [-0.2, 0) is 71.9 Å². The average Bonchev–Trinajstić information content (AvgIpc) is 1.60. The zero-order valence-corrected chi connectivity index (χ0v) is 52.3. The van der Waals surface area contributed by atoms with E-state index in [9.17, 15) is 97.5 Å². The summed E-state index contributed by atoms with van der Waals surface area (Å²) in [5.41, 5.74) is 11.0. The van der Waals surface area contributed by atoms with Crippen molar-refractivity contribution >= 4 is 88.9 Å². The van der Waals surface area contributed by atoms with Crippen LogP contribution in [-0.4, -0.2) is 211 Å². The number of aliphatic hydroxyl groups excluding tert-OH is 1. The summed E-state index contributed by atoms with van der Waals surface area (Å²) in [6, 6.07) is -17.4. The van der Waals surface area contributed by atoms with Crippen LogP contribution in [0.2, 0.25) is 0 Å². The maximum Gasteiger partial charge on any atom is 0.334 e. The third kappa shape index (κ3) is 26.2. The topological polar surface area (TPSA) is 541 Å². The lowest BCUT2D eigenvalue weighted by Gasteiger charge is -2.34. The molecule has 0 radical (unpaired) electrons. The minimum atomic E-state index is -2.46. The minimum Gasteiger partial charge on any atom is -0.481 e. The fraction of sp³-hybridized carbons (Fsp3) is 0.667. The van der Waals surface area contributed by atoms with Gasteiger partial charge < -0.3 is 94.9 Å². The van der Waals surface area contributed by atoms with Gasteiger partial charge in [0.2, 0.25) is 59.1 Å². The number of carboxylic acids is 5. The van der Waals surface area contributed by atoms with Gasteiger partial charge in [0.1, 0.15) is 54.4 Å². The fourth-order valence-electron chi connectivity index (χ4n) is 9.02. The molecule has 0 spiro atoms. The van der Waals surface area contributed by atoms with Crippen LogP contribution in [0.4, 0.5) is 0 Å². The van der Waals surface area contributed by atoms with Crippen molar-refractivity contribution in [3.8, 4) is 0 Å². The highest BCUT2D eigenvalue weighted by atomic mass is 16.4. The summed E-state index contributed by atoms with van der Waals surface area (Å²) in [5.74, 6) is -24.5. The number of hydrogen-bond acceptors (Lipinski definition) is 18. The molecule has 5 unspecified atom stereocenters. The number of rotatable bonds is 40. The number of allylic oxidation sites excluding steroid dienone is 3. The van der Waals surface area contributed by atoms with Crippen LogP contribution >= 0.6 is 0 Å². The third-order valence-corrected chi connectivity index (χ3v) is 14.9. The van der Waals surface area contributed by atoms with E-state index < -0.39 is 198 Å². The molecule has 1 fully saturated rings. The van der Waals surface area contributed by atoms with Gasteiger partial charge in [-0.2, -0.15) is 0 Å². The molecule has 19 N–H and O–H groups in total. The molecule has 1 heterocycles. The lowest BCUT2D eigenvalue weighted by Crippen LogP contribution is -2.65. The quantitative estimate of drug-likeness (QED) is 0.0160. The zero-order chi connectivity index (χ0) is 69.0. The maximum atomic E-state index is 14.6. The molecular formula is C57H92N12O21. The van der Waals surface area contributed by atoms with Crippen LogP contribution in [0, 0.1) is 35.5 Å². The molecule has 1 rings (SSSR count). The van der Waals surface area contributed by atoms with Crippen molar-refractivity contribution in [2.24, 2.45) is 47.0 Å². The highest BCUT2D eigenvalue weighted by Gasteiger charge is 2.45. The Kier molecular flexibility index (Phi) is 34.2. The lowest BCUT2D eigenvalue weighted by atomic mass is 9.97. The number of unbranched alkanes of at least 4 members (excludes halogenated alkanes) is 1. The molecule has 33 nitrogen and oxygen atoms in total. The molecule has 506 valence electrons. The third-order valence-electron chi connectivity index (χ3n) is 14.9. The van der Waals surface area contributed by atoms with Crippen molar-refractivity contribution in [3.63, 3.8) is 0 Å². The molecule has 0 bridgehead atoms. The van der Waals surface area contributed by atoms with E-state index in [1.54, 1.807) is 13.0 Å². The molecule has 1 saturated heterocycles. The molecule has 1 aliphatic heterocycles. The van der Waals surface area contributed by atoms with E-state index in [1.165, 1.54) is 40.7 Å². The molecule has 33 heteroatoms. The molecular weight excluding hydrogens is 1190 g/mol. The monoisotopic (exact) mass is 1280 g/mol. The number of nitrogens with zero attached hydrogens (tertiary/aromatic N) is 1. The van der Waals surface area contributed by atoms with Gasteiger partial charge in [-0.1, -0.05) is 73.1 Å². The van der Waals surface area contributed by atoms with Crippen LogP contribution in [0.25, 0.3) is 0 Å². The molecule has 15 atom stereocenters. The molecule has 1 aliphatic rings. The molecule has 90 heavy (non-hydrogen) atoms. The summed E-state index contributed by atoms with van der Waals surface area (Å²) in [6.07, 6.45) is 5.48. The van der Waals surface area contributed by atoms with E-state index >= 15 is 0 Å². The van der Waals surface area contributed by atoms with Crippen molar-refractivity contribution in [2.45, 2.75) is 187 Å². The number of nitrogens with two attached hydrogens (primary N) is 2. The van der Waals surface area contributed by atoms with E-state index in [1.807, 2.05) is 16.7 Å². The average molecular weight is 1280 g/mol. The Bertz CT molecular complexity index is 2630. The van der Waals surface area contributed by atoms with Gasteiger partial charge >= 0.3 is 29.8 Å². The van der Waals surface area contributed by atoms with Gasteiger partial charge in [0.25, 0.3) is 0 Å². The highest BCUT2D eigenvalue weighted by Crippen LogP contribution is 2.26. The Hall–Kier alpha value is -8.59. The van der Waals surface area contributed by atoms with Crippen LogP contribution in [0.3, 0.4) is 0 Å². The second-order valence-electron chi connectivity index (χ2n) is 23.1. The normalized spacial score (nSPS) is 18.3. The SMILES string of the molecule is CCC(C)CC/C=C\C=C\C(=O)N[C@H](C(=O)N[C@H](C(=O)N[C@@H](C(=O)N[C@@H](CCCCN)C(=O)O)C(C)C)C(C)NC(=O)[C@@H]1C[C@@H](C)CN1C(=O)[C@@H](NC(=O)[C@H](NC(=O)CNC(=O)[C@H](CC(=O)O)NC(=O)[C@@H](N)C(O)C(=O)O)C(C)C(=O)O)C(C)C)C(C)C(=O)O. The summed E-state index contributed by atoms with van der Waals surface area (Å²) in [5, 5.41) is 78.5. The van der Waals surface area contributed by atoms with Crippen LogP contribution in [0.1, 0.15) is 121 Å². The van der Waals surface area contributed by atoms with E-state index in [0.717, 1.165) is 37.7 Å². The number of amides is 10. The van der Waals surface area contributed by atoms with Crippen LogP contribution < -0.4 is 59.3 Å². The predicted octanol–water partition coefficient (Wildman–Crippen LogP) is -3.61. The first kappa shape index (κ1) is 79.4. The van der Waals surface area contributed by atoms with E-state index in [2.05, 4.69) is 51.1 Å². The lowest BCUT2D eigenvalue weighted by molar-refractivity contribution is -0.151. The summed E-state index contributed by atoms with van der Waals surface area (Å²) in [6.45, 7) is 14.2. The van der Waals surface area contributed by atoms with E-state index in [0.29, 0.717) is 25.2 Å². The van der Waals surface area contributed by atoms with Gasteiger partial charge in [-0.3, -0.25) is 62.3 Å². The van der Waals surface area contributed by atoms with E-state index in [4.69, 9.17) is 16.6 Å². The molecule has 0 saturated carbocycles. The standard InChI is InChI=1S/C57H92N12O21/c1-11-28(6)18-14-12-13-15-20-36(70)64-42(30(8)54(83)84)51(80)68-44(52(81)66-40(26(2)3)49(78)62-33(56(87)88)19-16-17-21-58)32(10)61-47(76)35-22-29(7)25-69(35)53(82)41(27(4)5)67-50(79)43(31(9)55(85)86)65-37(71)24-60-46(75)34(23-38(72)73)63-48(77)39(59)45(74)57(89)90/h12-13,15,20,26-35,39-45,74H,11,14,16-19,21-25,58-59H2,1-10H3,(H,60,75)(H,61,76)(H,62,78)(H,63,77)(H,64,70)(H,65,71)(H,66,81)(H,67,79)(H,68,80)(H,72,73)(H,83,84)(H,85,86)(H,87,88)(H,89,90)/b13-12-,20-15+/t28?,29-,30?,31?,32?,33+,34+,35+,39+,40-,41+,42+,43-,44+,45?/m1/s1. The summed E-state index contributed by atoms with van der Waals surface area (Å²) >= 11 is 0. The zero-order valence-electron chi connectivity index (χ0n) is 52.3. The Morgan fingerprint density at radius 3 is 1.61 bits per heavy atom. The first-order chi connectivity index (χ1) is 41.9. The summed E-state index contributed by atoms with van der Waals surface area (Å²) in [7, 11) is 0. The van der Waals surface area contributed by atoms with Crippen LogP contribution in [0.15, 0.2) is 24.3 Å². The highest BCUT2D eigenvalue weighted by molar-refractivity contribution is 6.01. The predicted molar refractivity (Wildman–Crippen MR) is 318 cm³/mol. The Labute approximate surface area is 520 Å². The van der Waals surface area contributed by atoms with Gasteiger partial charge in [0.05, 0.1) is 30.8 Å². The Balaban J connectivity index is 3.71. The number of hydrogen-bond donors (Lipinski definition) is 17. The van der Waals surface area contributed by atoms with Gasteiger partial charge in [-0.05, 0) is 89.5 Å². The largest absolute Gasteiger partial charge is 0.481 e. The second-order valence-corrected chi connectivity index (χ2v) is 23.1. The molecule has 0 aromatic carbocycles. The number of aliphatic carboxylic acids is 5. The molecule has 10 amide bonds. The number of carbonyl (C=O) groups is 15. The van der Waals surface area contributed by atoms with Gasteiger partial charge in [-0.25, -0.2) is 9.59 Å². The van der Waals surface area contributed by atoms with Crippen LogP contribution in [0.5, 0.6) is 0 Å². The van der Waals surface area contributed by atoms with Gasteiger partial charge in [-0.15, -0.1) is 0 Å². The first-order valence-corrected chi connectivity index (χ1v) is 29.5. The fourth-order valence-corrected chi connectivity index (χ4v) is 9.02. The van der Waals surface area contributed by atoms with E-state index in [-0.39, 0.29) is 25.9 Å². The van der Waals surface area contributed by atoms with Crippen molar-refractivity contribution in [1.29, 1.82) is 0 Å². The maximum absolute atomic E-state index is 14.6. The van der Waals surface area contributed by atoms with Crippen molar-refractivity contribution < 1.29 is 103 Å². The smallest absolute Gasteiger partial charge is 0.334 e. The van der Waals surface area contributed by atoms with Crippen molar-refractivity contribution in [1.82, 2.24) is 52.8 Å². The Morgan fingerprint density at radius 1 is 0.578 bits per heavy atom. The number of likely N-dealkylation sites (tertiary alicyclic amines) is 1. The van der Waals surface area contributed by atoms with Gasteiger partial charge in [0, 0.05) is 12.6 Å². The number of carboxylic acid groups (broad SMARTS) is 5.